The highest BCUT2D eigenvalue weighted by atomic mass is 127. The summed E-state index contributed by atoms with van der Waals surface area (Å²) < 4.78 is 3.07. The van der Waals surface area contributed by atoms with Crippen molar-refractivity contribution in [1.82, 2.24) is 9.78 Å². The first kappa shape index (κ1) is 11.9. The maximum absolute atomic E-state index is 9.10. The van der Waals surface area contributed by atoms with Crippen LogP contribution in [0.1, 0.15) is 25.7 Å². The number of hydrogen-bond donors (Lipinski definition) is 1. The first-order chi connectivity index (χ1) is 7.64. The average Bonchev–Trinajstić information content (AvgIpc) is 2.83. The fraction of sp³-hybridized carbons (Fsp3) is 0.636. The Morgan fingerprint density at radius 3 is 3.19 bits per heavy atom. The summed E-state index contributed by atoms with van der Waals surface area (Å²) in [6, 6.07) is 2.28. The van der Waals surface area contributed by atoms with Crippen molar-refractivity contribution in [2.75, 3.05) is 0 Å². The zero-order valence-corrected chi connectivity index (χ0v) is 11.2. The number of nitriles is 1. The summed E-state index contributed by atoms with van der Waals surface area (Å²) in [7, 11) is 0. The van der Waals surface area contributed by atoms with Crippen LogP contribution < -0.4 is 5.73 Å². The standard InChI is InChI=1S/C11H15IN4/c12-10-6-15-16(7-10)5-3-9-2-1-4-11(9,14)8-13/h6-7,9H,1-5,14H2. The second kappa shape index (κ2) is 4.72. The minimum atomic E-state index is -0.597. The molecule has 1 heterocycles. The summed E-state index contributed by atoms with van der Waals surface area (Å²) in [5, 5.41) is 13.3. The molecular formula is C11H15IN4. The monoisotopic (exact) mass is 330 g/mol. The van der Waals surface area contributed by atoms with Gasteiger partial charge in [0.15, 0.2) is 0 Å². The third-order valence-electron chi connectivity index (χ3n) is 3.39. The molecule has 2 rings (SSSR count). The highest BCUT2D eigenvalue weighted by molar-refractivity contribution is 14.1. The molecule has 5 heteroatoms. The Morgan fingerprint density at radius 1 is 1.75 bits per heavy atom. The van der Waals surface area contributed by atoms with Crippen LogP contribution >= 0.6 is 22.6 Å². The molecule has 0 radical (unpaired) electrons. The highest BCUT2D eigenvalue weighted by Crippen LogP contribution is 2.35. The van der Waals surface area contributed by atoms with Crippen molar-refractivity contribution >= 4 is 22.6 Å². The van der Waals surface area contributed by atoms with E-state index < -0.39 is 5.54 Å². The van der Waals surface area contributed by atoms with Gasteiger partial charge in [0.05, 0.1) is 15.8 Å². The molecule has 1 aromatic heterocycles. The van der Waals surface area contributed by atoms with Crippen LogP contribution in [0.25, 0.3) is 0 Å². The van der Waals surface area contributed by atoms with Crippen molar-refractivity contribution in [2.24, 2.45) is 11.7 Å². The SMILES string of the molecule is N#CC1(N)CCCC1CCn1cc(I)cn1. The molecule has 0 bridgehead atoms. The fourth-order valence-electron chi connectivity index (χ4n) is 2.40. The van der Waals surface area contributed by atoms with Crippen LogP contribution in [0.5, 0.6) is 0 Å². The highest BCUT2D eigenvalue weighted by Gasteiger charge is 2.39. The molecule has 1 saturated carbocycles. The molecule has 1 aromatic rings. The van der Waals surface area contributed by atoms with Gasteiger partial charge in [0.2, 0.25) is 0 Å². The molecule has 0 aliphatic heterocycles. The van der Waals surface area contributed by atoms with E-state index in [-0.39, 0.29) is 0 Å². The van der Waals surface area contributed by atoms with Crippen molar-refractivity contribution in [1.29, 1.82) is 5.26 Å². The van der Waals surface area contributed by atoms with E-state index >= 15 is 0 Å². The van der Waals surface area contributed by atoms with Gasteiger partial charge >= 0.3 is 0 Å². The molecule has 1 fully saturated rings. The van der Waals surface area contributed by atoms with Crippen LogP contribution in [0.3, 0.4) is 0 Å². The van der Waals surface area contributed by atoms with Gasteiger partial charge in [0.1, 0.15) is 5.54 Å². The molecule has 16 heavy (non-hydrogen) atoms. The van der Waals surface area contributed by atoms with Crippen LogP contribution in [0.4, 0.5) is 0 Å². The Labute approximate surface area is 109 Å². The Hall–Kier alpha value is -0.610. The van der Waals surface area contributed by atoms with Crippen LogP contribution in [0.2, 0.25) is 0 Å². The third kappa shape index (κ3) is 2.38. The largest absolute Gasteiger partial charge is 0.313 e. The number of nitrogens with two attached hydrogens (primary N) is 1. The molecule has 1 aliphatic carbocycles. The molecule has 2 atom stereocenters. The second-order valence-corrected chi connectivity index (χ2v) is 5.70. The topological polar surface area (TPSA) is 67.6 Å². The molecule has 0 spiro atoms. The quantitative estimate of drug-likeness (QED) is 0.861. The number of aromatic nitrogens is 2. The zero-order valence-electron chi connectivity index (χ0n) is 9.06. The summed E-state index contributed by atoms with van der Waals surface area (Å²) in [6.45, 7) is 0.855. The number of aryl methyl sites for hydroxylation is 1. The smallest absolute Gasteiger partial charge is 0.107 e. The normalized spacial score (nSPS) is 29.2. The van der Waals surface area contributed by atoms with Crippen molar-refractivity contribution in [3.63, 3.8) is 0 Å². The molecule has 1 aliphatic rings. The average molecular weight is 330 g/mol. The molecule has 2 unspecified atom stereocenters. The van der Waals surface area contributed by atoms with Crippen molar-refractivity contribution < 1.29 is 0 Å². The molecule has 0 aromatic carbocycles. The summed E-state index contributed by atoms with van der Waals surface area (Å²) in [4.78, 5) is 0. The van der Waals surface area contributed by atoms with Crippen molar-refractivity contribution in [3.05, 3.63) is 16.0 Å². The van der Waals surface area contributed by atoms with Gasteiger partial charge in [-0.05, 0) is 47.8 Å². The van der Waals surface area contributed by atoms with Crippen LogP contribution in [-0.4, -0.2) is 15.3 Å². The molecule has 4 nitrogen and oxygen atoms in total. The third-order valence-corrected chi connectivity index (χ3v) is 3.95. The maximum atomic E-state index is 9.10. The van der Waals surface area contributed by atoms with Crippen LogP contribution in [0.15, 0.2) is 12.4 Å². The summed E-state index contributed by atoms with van der Waals surface area (Å²) in [5.41, 5.74) is 5.48. The van der Waals surface area contributed by atoms with Gasteiger partial charge < -0.3 is 5.73 Å². The Balaban J connectivity index is 1.93. The van der Waals surface area contributed by atoms with Gasteiger partial charge in [-0.1, -0.05) is 6.42 Å². The minimum Gasteiger partial charge on any atom is -0.313 e. The van der Waals surface area contributed by atoms with Gasteiger partial charge in [0.25, 0.3) is 0 Å². The van der Waals surface area contributed by atoms with Crippen molar-refractivity contribution in [3.8, 4) is 6.07 Å². The number of hydrogen-bond acceptors (Lipinski definition) is 3. The van der Waals surface area contributed by atoms with Crippen molar-refractivity contribution in [2.45, 2.75) is 37.8 Å². The number of halogens is 1. The Bertz CT molecular complexity index is 408. The molecule has 86 valence electrons. The van der Waals surface area contributed by atoms with E-state index in [1.54, 1.807) is 0 Å². The fourth-order valence-corrected chi connectivity index (χ4v) is 2.85. The maximum Gasteiger partial charge on any atom is 0.107 e. The van der Waals surface area contributed by atoms with E-state index in [1.807, 2.05) is 17.1 Å². The van der Waals surface area contributed by atoms with Crippen LogP contribution in [0, 0.1) is 20.8 Å². The van der Waals surface area contributed by atoms with Gasteiger partial charge in [0, 0.05) is 12.7 Å². The van der Waals surface area contributed by atoms with E-state index in [0.717, 1.165) is 35.8 Å². The predicted molar refractivity (Wildman–Crippen MR) is 69.4 cm³/mol. The van der Waals surface area contributed by atoms with Gasteiger partial charge in [-0.25, -0.2) is 0 Å². The van der Waals surface area contributed by atoms with E-state index in [0.29, 0.717) is 5.92 Å². The minimum absolute atomic E-state index is 0.319. The Morgan fingerprint density at radius 2 is 2.56 bits per heavy atom. The summed E-state index contributed by atoms with van der Waals surface area (Å²) in [6.07, 6.45) is 7.79. The lowest BCUT2D eigenvalue weighted by molar-refractivity contribution is 0.346. The predicted octanol–water partition coefficient (Wildman–Crippen LogP) is 1.90. The van der Waals surface area contributed by atoms with Crippen LogP contribution in [-0.2, 0) is 6.54 Å². The van der Waals surface area contributed by atoms with Gasteiger partial charge in [-0.2, -0.15) is 10.4 Å². The lowest BCUT2D eigenvalue weighted by Gasteiger charge is -2.23. The molecular weight excluding hydrogens is 315 g/mol. The first-order valence-electron chi connectivity index (χ1n) is 5.52. The molecule has 0 amide bonds. The first-order valence-corrected chi connectivity index (χ1v) is 6.60. The van der Waals surface area contributed by atoms with E-state index in [1.165, 1.54) is 0 Å². The van der Waals surface area contributed by atoms with E-state index in [9.17, 15) is 0 Å². The zero-order chi connectivity index (χ0) is 11.6. The van der Waals surface area contributed by atoms with E-state index in [2.05, 4.69) is 33.8 Å². The summed E-state index contributed by atoms with van der Waals surface area (Å²) >= 11 is 2.24. The molecule has 0 saturated heterocycles. The Kier molecular flexibility index (Phi) is 3.50. The summed E-state index contributed by atoms with van der Waals surface area (Å²) in [5.74, 6) is 0.319. The lowest BCUT2D eigenvalue weighted by Crippen LogP contribution is -2.42. The number of rotatable bonds is 3. The van der Waals surface area contributed by atoms with Gasteiger partial charge in [-0.15, -0.1) is 0 Å². The van der Waals surface area contributed by atoms with Gasteiger partial charge in [-0.3, -0.25) is 4.68 Å². The second-order valence-electron chi connectivity index (χ2n) is 4.45. The lowest BCUT2D eigenvalue weighted by atomic mass is 9.87. The number of nitrogens with zero attached hydrogens (tertiary/aromatic N) is 3. The van der Waals surface area contributed by atoms with E-state index in [4.69, 9.17) is 11.0 Å². The molecule has 2 N–H and O–H groups in total.